The summed E-state index contributed by atoms with van der Waals surface area (Å²) in [5.74, 6) is 0.268. The van der Waals surface area contributed by atoms with Crippen LogP contribution in [0.5, 0.6) is 5.75 Å². The predicted molar refractivity (Wildman–Crippen MR) is 133 cm³/mol. The molecule has 5 rings (SSSR count). The van der Waals surface area contributed by atoms with Crippen LogP contribution in [-0.2, 0) is 0 Å². The van der Waals surface area contributed by atoms with Crippen LogP contribution >= 0.6 is 0 Å². The van der Waals surface area contributed by atoms with Gasteiger partial charge in [-0.3, -0.25) is 4.79 Å². The number of aryl methyl sites for hydroxylation is 1. The molecule has 0 unspecified atom stereocenters. The number of methoxy groups -OCH3 is 1. The first-order chi connectivity index (χ1) is 16.0. The Bertz CT molecular complexity index is 1350. The molecule has 4 heteroatoms. The maximum Gasteiger partial charge on any atom is 0.197 e. The van der Waals surface area contributed by atoms with E-state index >= 15 is 0 Å². The lowest BCUT2D eigenvalue weighted by Crippen LogP contribution is -2.10. The van der Waals surface area contributed by atoms with E-state index in [0.717, 1.165) is 16.8 Å². The average molecular weight is 442 g/mol. The summed E-state index contributed by atoms with van der Waals surface area (Å²) in [6.07, 6.45) is 6.63. The number of hydrogen-bond donors (Lipinski definition) is 1. The van der Waals surface area contributed by atoms with Crippen molar-refractivity contribution in [2.24, 2.45) is 0 Å². The summed E-state index contributed by atoms with van der Waals surface area (Å²) in [7, 11) is 1.41. The van der Waals surface area contributed by atoms with Crippen molar-refractivity contribution in [1.82, 2.24) is 4.98 Å². The number of aromatic nitrogens is 1. The van der Waals surface area contributed by atoms with Crippen LogP contribution in [0.25, 0.3) is 33.2 Å². The van der Waals surface area contributed by atoms with E-state index < -0.39 is 5.82 Å². The zero-order valence-corrected chi connectivity index (χ0v) is 19.1. The summed E-state index contributed by atoms with van der Waals surface area (Å²) in [5, 5.41) is 0.316. The third kappa shape index (κ3) is 4.06. The molecule has 3 nitrogen and oxygen atoms in total. The van der Waals surface area contributed by atoms with E-state index in [2.05, 4.69) is 29.2 Å². The number of rotatable bonds is 4. The monoisotopic (exact) mass is 441 g/mol. The molecule has 1 aromatic heterocycles. The van der Waals surface area contributed by atoms with Crippen molar-refractivity contribution >= 4 is 10.9 Å². The Balaban J connectivity index is 1.46. The maximum absolute atomic E-state index is 14.2. The number of nitrogens with one attached hydrogen (secondary N) is 1. The molecule has 1 aliphatic rings. The van der Waals surface area contributed by atoms with Gasteiger partial charge in [0.05, 0.1) is 12.6 Å². The van der Waals surface area contributed by atoms with E-state index in [1.807, 2.05) is 31.2 Å². The smallest absolute Gasteiger partial charge is 0.197 e. The molecule has 4 aromatic rings. The first-order valence-corrected chi connectivity index (χ1v) is 11.7. The molecular weight excluding hydrogens is 413 g/mol. The maximum atomic E-state index is 14.2. The number of hydrogen-bond acceptors (Lipinski definition) is 2. The fraction of sp³-hybridized carbons (Fsp3) is 0.276. The summed E-state index contributed by atoms with van der Waals surface area (Å²) in [4.78, 5) is 16.5. The lowest BCUT2D eigenvalue weighted by atomic mass is 9.83. The number of benzene rings is 3. The molecule has 0 amide bonds. The molecule has 1 fully saturated rings. The summed E-state index contributed by atoms with van der Waals surface area (Å²) in [6, 6.07) is 19.7. The third-order valence-corrected chi connectivity index (χ3v) is 6.95. The highest BCUT2D eigenvalue weighted by Crippen LogP contribution is 2.34. The van der Waals surface area contributed by atoms with E-state index in [4.69, 9.17) is 4.74 Å². The highest BCUT2D eigenvalue weighted by Gasteiger charge is 2.16. The molecule has 0 saturated heterocycles. The van der Waals surface area contributed by atoms with Gasteiger partial charge in [0.15, 0.2) is 17.0 Å². The van der Waals surface area contributed by atoms with Gasteiger partial charge in [-0.1, -0.05) is 67.8 Å². The largest absolute Gasteiger partial charge is 0.494 e. The number of fused-ring (bicyclic) bond motifs is 1. The van der Waals surface area contributed by atoms with Crippen LogP contribution in [0.1, 0.15) is 49.3 Å². The Labute approximate surface area is 193 Å². The normalized spacial score (nSPS) is 14.5. The van der Waals surface area contributed by atoms with E-state index in [0.29, 0.717) is 22.4 Å². The van der Waals surface area contributed by atoms with E-state index in [9.17, 15) is 9.18 Å². The molecular formula is C29H28FNO2. The molecule has 33 heavy (non-hydrogen) atoms. The fourth-order valence-electron chi connectivity index (χ4n) is 5.13. The van der Waals surface area contributed by atoms with Gasteiger partial charge in [0.1, 0.15) is 0 Å². The van der Waals surface area contributed by atoms with Gasteiger partial charge in [-0.25, -0.2) is 4.39 Å². The van der Waals surface area contributed by atoms with Crippen LogP contribution in [0.2, 0.25) is 0 Å². The summed E-state index contributed by atoms with van der Waals surface area (Å²) in [5.41, 5.74) is 6.21. The van der Waals surface area contributed by atoms with E-state index in [1.165, 1.54) is 62.5 Å². The fourth-order valence-corrected chi connectivity index (χ4v) is 5.13. The van der Waals surface area contributed by atoms with Crippen molar-refractivity contribution in [3.63, 3.8) is 0 Å². The van der Waals surface area contributed by atoms with Gasteiger partial charge in [-0.15, -0.1) is 0 Å². The van der Waals surface area contributed by atoms with Crippen molar-refractivity contribution in [3.8, 4) is 28.0 Å². The molecule has 3 aromatic carbocycles. The summed E-state index contributed by atoms with van der Waals surface area (Å²) >= 11 is 0. The molecule has 1 saturated carbocycles. The standard InChI is InChI=1S/C29H28FNO2/c1-18-28(29(32)24-16-25(30)27(33-2)17-26(24)31-18)23-14-12-22(13-15-23)21-10-8-20(9-11-21)19-6-4-3-5-7-19/h8-17,19H,3-7H2,1-2H3,(H,31,32). The van der Waals surface area contributed by atoms with Crippen LogP contribution in [0.15, 0.2) is 65.5 Å². The lowest BCUT2D eigenvalue weighted by molar-refractivity contribution is 0.387. The number of aromatic amines is 1. The molecule has 168 valence electrons. The average Bonchev–Trinajstić information content (AvgIpc) is 2.85. The van der Waals surface area contributed by atoms with Gasteiger partial charge < -0.3 is 9.72 Å². The number of halogens is 1. The third-order valence-electron chi connectivity index (χ3n) is 6.95. The van der Waals surface area contributed by atoms with Crippen molar-refractivity contribution in [1.29, 1.82) is 0 Å². The predicted octanol–water partition coefficient (Wildman–Crippen LogP) is 7.37. The zero-order chi connectivity index (χ0) is 22.9. The van der Waals surface area contributed by atoms with Gasteiger partial charge in [0, 0.05) is 22.7 Å². The number of ether oxygens (including phenoxy) is 1. The minimum Gasteiger partial charge on any atom is -0.494 e. The van der Waals surface area contributed by atoms with Crippen LogP contribution in [0.3, 0.4) is 0 Å². The molecule has 0 aliphatic heterocycles. The summed E-state index contributed by atoms with van der Waals surface area (Å²) in [6.45, 7) is 1.86. The van der Waals surface area contributed by atoms with Crippen molar-refractivity contribution in [3.05, 3.63) is 88.0 Å². The Morgan fingerprint density at radius 1 is 0.879 bits per heavy atom. The first kappa shape index (κ1) is 21.4. The molecule has 0 atom stereocenters. The van der Waals surface area contributed by atoms with Gasteiger partial charge in [0.2, 0.25) is 0 Å². The molecule has 0 bridgehead atoms. The van der Waals surface area contributed by atoms with Crippen molar-refractivity contribution < 1.29 is 9.13 Å². The van der Waals surface area contributed by atoms with Crippen LogP contribution < -0.4 is 10.2 Å². The van der Waals surface area contributed by atoms with Crippen molar-refractivity contribution in [2.75, 3.05) is 7.11 Å². The second-order valence-corrected chi connectivity index (χ2v) is 9.02. The van der Waals surface area contributed by atoms with Gasteiger partial charge in [0.25, 0.3) is 0 Å². The van der Waals surface area contributed by atoms with E-state index in [1.54, 1.807) is 0 Å². The van der Waals surface area contributed by atoms with Gasteiger partial charge in [-0.2, -0.15) is 0 Å². The Hall–Kier alpha value is -3.40. The molecule has 1 heterocycles. The van der Waals surface area contributed by atoms with Crippen LogP contribution in [-0.4, -0.2) is 12.1 Å². The molecule has 1 N–H and O–H groups in total. The molecule has 0 spiro atoms. The quantitative estimate of drug-likeness (QED) is 0.359. The first-order valence-electron chi connectivity index (χ1n) is 11.7. The molecule has 1 aliphatic carbocycles. The topological polar surface area (TPSA) is 42.1 Å². The Morgan fingerprint density at radius 3 is 2.12 bits per heavy atom. The SMILES string of the molecule is COc1cc2[nH]c(C)c(-c3ccc(-c4ccc(C5CCCCC5)cc4)cc3)c(=O)c2cc1F. The second kappa shape index (κ2) is 8.86. The molecule has 0 radical (unpaired) electrons. The van der Waals surface area contributed by atoms with Gasteiger partial charge in [-0.05, 0) is 54.0 Å². The van der Waals surface area contributed by atoms with Gasteiger partial charge >= 0.3 is 0 Å². The highest BCUT2D eigenvalue weighted by molar-refractivity contribution is 5.86. The van der Waals surface area contributed by atoms with Crippen molar-refractivity contribution in [2.45, 2.75) is 44.9 Å². The minimum atomic E-state index is -0.544. The van der Waals surface area contributed by atoms with Crippen LogP contribution in [0, 0.1) is 12.7 Å². The minimum absolute atomic E-state index is 0.115. The number of H-pyrrole nitrogens is 1. The Morgan fingerprint density at radius 2 is 1.48 bits per heavy atom. The lowest BCUT2D eigenvalue weighted by Gasteiger charge is -2.22. The van der Waals surface area contributed by atoms with Crippen LogP contribution in [0.4, 0.5) is 4.39 Å². The van der Waals surface area contributed by atoms with E-state index in [-0.39, 0.29) is 11.2 Å². The number of pyridine rings is 1. The summed E-state index contributed by atoms with van der Waals surface area (Å²) < 4.78 is 19.3. The highest BCUT2D eigenvalue weighted by atomic mass is 19.1. The zero-order valence-electron chi connectivity index (χ0n) is 19.1. The second-order valence-electron chi connectivity index (χ2n) is 9.02. The Kier molecular flexibility index (Phi) is 5.76.